The summed E-state index contributed by atoms with van der Waals surface area (Å²) in [5.74, 6) is -1.21. The molecule has 2 heterocycles. The highest BCUT2D eigenvalue weighted by Crippen LogP contribution is 2.55. The van der Waals surface area contributed by atoms with E-state index < -0.39 is 48.9 Å². The lowest BCUT2D eigenvalue weighted by Crippen LogP contribution is -2.30. The number of fused-ring (bicyclic) bond motifs is 6. The average Bonchev–Trinajstić information content (AvgIpc) is 3.56. The molecule has 2 atom stereocenters. The Morgan fingerprint density at radius 3 is 2.05 bits per heavy atom. The molecule has 324 valence electrons. The van der Waals surface area contributed by atoms with Crippen molar-refractivity contribution >= 4 is 103 Å². The van der Waals surface area contributed by atoms with Crippen molar-refractivity contribution < 1.29 is 50.9 Å². The zero-order valence-corrected chi connectivity index (χ0v) is 37.9. The largest absolute Gasteiger partial charge is 0.768 e. The van der Waals surface area contributed by atoms with Crippen LogP contribution in [0, 0.1) is 0 Å². The molecule has 3 N–H and O–H groups in total. The van der Waals surface area contributed by atoms with Gasteiger partial charge in [-0.25, -0.2) is 9.59 Å². The molecule has 6 rings (SSSR count). The molecule has 0 saturated carbocycles. The summed E-state index contributed by atoms with van der Waals surface area (Å²) in [5, 5.41) is 21.1. The number of hydrogen-bond acceptors (Lipinski definition) is 10. The molecule has 12 nitrogen and oxygen atoms in total. The lowest BCUT2D eigenvalue weighted by Gasteiger charge is -2.31. The molecule has 2 unspecified atom stereocenters. The van der Waals surface area contributed by atoms with Gasteiger partial charge in [-0.3, -0.25) is 8.76 Å². The molecule has 0 aliphatic carbocycles. The van der Waals surface area contributed by atoms with E-state index in [2.05, 4.69) is 36.8 Å². The molecular formula is C45H50N2O10S4. The molecule has 4 aromatic carbocycles. The van der Waals surface area contributed by atoms with E-state index in [4.69, 9.17) is 0 Å². The Bertz CT molecular complexity index is 2700. The topological polar surface area (TPSA) is 192 Å². The number of anilines is 1. The molecular weight excluding hydrogens is 857 g/mol. The van der Waals surface area contributed by atoms with Gasteiger partial charge in [0.2, 0.25) is 5.69 Å². The van der Waals surface area contributed by atoms with Crippen molar-refractivity contribution in [1.82, 2.24) is 0 Å². The number of ketones is 1. The zero-order chi connectivity index (χ0) is 44.6. The normalized spacial score (nSPS) is 18.4. The Balaban J connectivity index is 1.58. The minimum Gasteiger partial charge on any atom is -0.768 e. The summed E-state index contributed by atoms with van der Waals surface area (Å²) in [7, 11) is -4.82. The first kappa shape index (κ1) is 46.2. The maximum atomic E-state index is 13.0. The summed E-state index contributed by atoms with van der Waals surface area (Å²) in [4.78, 5) is 37.5. The number of hydrogen-bond donors (Lipinski definition) is 5. The van der Waals surface area contributed by atoms with Gasteiger partial charge in [0.1, 0.15) is 17.2 Å². The van der Waals surface area contributed by atoms with Crippen LogP contribution in [-0.4, -0.2) is 84.5 Å². The molecule has 2 aliphatic heterocycles. The third-order valence-corrected chi connectivity index (χ3v) is 14.2. The van der Waals surface area contributed by atoms with Gasteiger partial charge in [-0.15, -0.1) is 0 Å². The molecule has 61 heavy (non-hydrogen) atoms. The summed E-state index contributed by atoms with van der Waals surface area (Å²) in [6.45, 7) is 8.69. The fraction of sp³-hybridized carbons (Fsp3) is 0.378. The molecule has 0 radical (unpaired) electrons. The van der Waals surface area contributed by atoms with Crippen LogP contribution in [0.2, 0.25) is 0 Å². The standard InChI is InChI=1S/C45H50N2O10S4/c1-27(48)11-6-5-7-18-45(4)39(47(20-10-22-59)35-26-37(61(55,56)57)33-24-29(43(51)52)15-17-31(33)41(35)45)13-8-12-38-44(2,3)40-30-16-14-28(42(49)50)23-32(30)36(60(53)54)25-34(40)46(38)19-9-21-58/h8,12-17,23-26H,5-7,9-11,18-22H2,1-4H3,(H5-,49,50,51,52,53,54,55,56,57,58,59). The molecule has 0 aromatic heterocycles. The van der Waals surface area contributed by atoms with Crippen molar-refractivity contribution in [3.63, 3.8) is 0 Å². The number of carbonyl (C=O) groups is 3. The molecule has 0 fully saturated rings. The number of rotatable bonds is 18. The highest BCUT2D eigenvalue weighted by molar-refractivity contribution is 7.86. The SMILES string of the molecule is CC(=O)CCCCCC1(C)C(=CC=CC2=[N+](CCCS)c3cc(S(=O)[O-])c4cc(C(=O)O)ccc4c3C2(C)C)N(CCCS)c2cc(S(=O)(=O)O)c3cc(C(=O)O)ccc3c21. The van der Waals surface area contributed by atoms with E-state index in [0.29, 0.717) is 84.2 Å². The van der Waals surface area contributed by atoms with Crippen molar-refractivity contribution in [3.8, 4) is 0 Å². The number of allylic oxidation sites excluding steroid dienone is 4. The highest BCUT2D eigenvalue weighted by atomic mass is 32.2. The number of thiol groups is 2. The van der Waals surface area contributed by atoms with Crippen LogP contribution in [0.15, 0.2) is 82.2 Å². The third kappa shape index (κ3) is 8.85. The molecule has 2 aliphatic rings. The van der Waals surface area contributed by atoms with Gasteiger partial charge in [0.05, 0.1) is 16.5 Å². The first-order valence-electron chi connectivity index (χ1n) is 20.1. The number of benzene rings is 4. The van der Waals surface area contributed by atoms with Gasteiger partial charge in [0, 0.05) is 64.2 Å². The number of unbranched alkanes of at least 4 members (excludes halogenated alkanes) is 2. The molecule has 0 bridgehead atoms. The quantitative estimate of drug-likeness (QED) is 0.0211. The van der Waals surface area contributed by atoms with E-state index in [-0.39, 0.29) is 27.2 Å². The van der Waals surface area contributed by atoms with Crippen LogP contribution in [0.25, 0.3) is 21.5 Å². The summed E-state index contributed by atoms with van der Waals surface area (Å²) in [6.07, 6.45) is 10.4. The van der Waals surface area contributed by atoms with Gasteiger partial charge >= 0.3 is 11.9 Å². The molecule has 0 saturated heterocycles. The fourth-order valence-electron chi connectivity index (χ4n) is 9.21. The smallest absolute Gasteiger partial charge is 0.335 e. The van der Waals surface area contributed by atoms with Crippen molar-refractivity contribution in [3.05, 3.63) is 94.7 Å². The number of carbonyl (C=O) groups excluding carboxylic acids is 1. The van der Waals surface area contributed by atoms with Crippen LogP contribution in [0.5, 0.6) is 0 Å². The number of Topliss-reactive ketones (excluding diaryl/α,β-unsaturated/α-hetero) is 1. The lowest BCUT2D eigenvalue weighted by molar-refractivity contribution is -0.437. The van der Waals surface area contributed by atoms with E-state index in [1.807, 2.05) is 37.0 Å². The maximum absolute atomic E-state index is 13.0. The van der Waals surface area contributed by atoms with Crippen LogP contribution in [0.3, 0.4) is 0 Å². The Morgan fingerprint density at radius 1 is 0.852 bits per heavy atom. The second-order valence-corrected chi connectivity index (χ2v) is 19.5. The Hall–Kier alpha value is -4.32. The van der Waals surface area contributed by atoms with E-state index in [1.54, 1.807) is 25.1 Å². The van der Waals surface area contributed by atoms with Crippen molar-refractivity contribution in [2.45, 2.75) is 93.3 Å². The van der Waals surface area contributed by atoms with Gasteiger partial charge in [-0.2, -0.15) is 38.3 Å². The number of aromatic carboxylic acids is 2. The molecule has 0 amide bonds. The number of nitrogens with zero attached hydrogens (tertiary/aromatic N) is 2. The average molecular weight is 907 g/mol. The molecule has 0 spiro atoms. The first-order valence-corrected chi connectivity index (χ1v) is 23.8. The predicted molar refractivity (Wildman–Crippen MR) is 244 cm³/mol. The Morgan fingerprint density at radius 2 is 1.48 bits per heavy atom. The van der Waals surface area contributed by atoms with Gasteiger partial charge < -0.3 is 24.5 Å². The second kappa shape index (κ2) is 18.2. The monoisotopic (exact) mass is 906 g/mol. The summed E-state index contributed by atoms with van der Waals surface area (Å²) in [5.41, 5.74) is 2.99. The van der Waals surface area contributed by atoms with Crippen LogP contribution >= 0.6 is 25.3 Å². The van der Waals surface area contributed by atoms with E-state index in [0.717, 1.165) is 35.4 Å². The van der Waals surface area contributed by atoms with Crippen molar-refractivity contribution in [1.29, 1.82) is 0 Å². The van der Waals surface area contributed by atoms with Crippen LogP contribution < -0.4 is 4.90 Å². The van der Waals surface area contributed by atoms with E-state index in [1.165, 1.54) is 30.3 Å². The minimum absolute atomic E-state index is 0.00884. The van der Waals surface area contributed by atoms with Crippen LogP contribution in [-0.2, 0) is 36.8 Å². The van der Waals surface area contributed by atoms with Gasteiger partial charge in [-0.05, 0) is 128 Å². The predicted octanol–water partition coefficient (Wildman–Crippen LogP) is 8.65. The van der Waals surface area contributed by atoms with Crippen molar-refractivity contribution in [2.24, 2.45) is 0 Å². The van der Waals surface area contributed by atoms with Crippen LogP contribution in [0.4, 0.5) is 11.4 Å². The summed E-state index contributed by atoms with van der Waals surface area (Å²) >= 11 is 6.30. The first-order chi connectivity index (χ1) is 28.8. The molecule has 4 aromatic rings. The van der Waals surface area contributed by atoms with Gasteiger partial charge in [0.15, 0.2) is 5.71 Å². The van der Waals surface area contributed by atoms with E-state index >= 15 is 0 Å². The van der Waals surface area contributed by atoms with Gasteiger partial charge in [0.25, 0.3) is 10.1 Å². The van der Waals surface area contributed by atoms with Gasteiger partial charge in [-0.1, -0.05) is 31.1 Å². The summed E-state index contributed by atoms with van der Waals surface area (Å²) < 4.78 is 64.0. The lowest BCUT2D eigenvalue weighted by atomic mass is 9.75. The fourth-order valence-corrected chi connectivity index (χ4v) is 10.8. The molecule has 16 heteroatoms. The van der Waals surface area contributed by atoms with Crippen molar-refractivity contribution in [2.75, 3.05) is 29.5 Å². The highest BCUT2D eigenvalue weighted by Gasteiger charge is 2.47. The van der Waals surface area contributed by atoms with Crippen LogP contribution in [0.1, 0.15) is 104 Å². The second-order valence-electron chi connectivity index (χ2n) is 16.4. The third-order valence-electron chi connectivity index (χ3n) is 11.9. The Labute approximate surface area is 369 Å². The maximum Gasteiger partial charge on any atom is 0.335 e. The number of carboxylic acid groups (broad SMARTS) is 2. The number of carboxylic acids is 2. The van der Waals surface area contributed by atoms with E-state index in [9.17, 15) is 46.3 Å². The Kier molecular flexibility index (Phi) is 13.8. The summed E-state index contributed by atoms with van der Waals surface area (Å²) in [6, 6.07) is 11.9. The minimum atomic E-state index is -4.82. The zero-order valence-electron chi connectivity index (χ0n) is 34.4.